The molecule has 2 aromatic heterocycles. The SMILES string of the molecule is O=C(c1ccsc1)N1C[C@H]2CN(Cc3ccccn3)C[C@@H]2C1. The Hall–Kier alpha value is -1.72. The largest absolute Gasteiger partial charge is 0.338 e. The smallest absolute Gasteiger partial charge is 0.254 e. The van der Waals surface area contributed by atoms with Crippen LogP contribution in [0.2, 0.25) is 0 Å². The Balaban J connectivity index is 1.36. The molecule has 2 atom stereocenters. The highest BCUT2D eigenvalue weighted by molar-refractivity contribution is 7.08. The Kier molecular flexibility index (Phi) is 3.68. The quantitative estimate of drug-likeness (QED) is 0.873. The molecule has 1 amide bonds. The molecule has 2 saturated heterocycles. The Morgan fingerprint density at radius 1 is 1.18 bits per heavy atom. The van der Waals surface area contributed by atoms with E-state index in [0.29, 0.717) is 11.8 Å². The van der Waals surface area contributed by atoms with Crippen LogP contribution in [0.3, 0.4) is 0 Å². The predicted octanol–water partition coefficient (Wildman–Crippen LogP) is 2.35. The number of hydrogen-bond donors (Lipinski definition) is 0. The van der Waals surface area contributed by atoms with Gasteiger partial charge in [0.15, 0.2) is 0 Å². The summed E-state index contributed by atoms with van der Waals surface area (Å²) in [5.41, 5.74) is 1.98. The van der Waals surface area contributed by atoms with Crippen molar-refractivity contribution in [2.75, 3.05) is 26.2 Å². The number of pyridine rings is 1. The third kappa shape index (κ3) is 2.66. The standard InChI is InChI=1S/C17H19N3OS/c21-17(13-4-6-22-12-13)20-9-14-7-19(8-15(14)10-20)11-16-3-1-2-5-18-16/h1-6,12,14-15H,7-11H2/t14-,15-/m1/s1. The molecule has 22 heavy (non-hydrogen) atoms. The van der Waals surface area contributed by atoms with Crippen molar-refractivity contribution in [2.45, 2.75) is 6.54 Å². The fraction of sp³-hybridized carbons (Fsp3) is 0.412. The van der Waals surface area contributed by atoms with Crippen LogP contribution in [0.4, 0.5) is 0 Å². The van der Waals surface area contributed by atoms with E-state index in [2.05, 4.69) is 16.0 Å². The van der Waals surface area contributed by atoms with Crippen molar-refractivity contribution in [3.05, 3.63) is 52.5 Å². The van der Waals surface area contributed by atoms with Gasteiger partial charge in [-0.1, -0.05) is 6.07 Å². The Labute approximate surface area is 134 Å². The molecule has 2 aliphatic rings. The second-order valence-electron chi connectivity index (χ2n) is 6.26. The molecular formula is C17H19N3OS. The number of hydrogen-bond acceptors (Lipinski definition) is 4. The lowest BCUT2D eigenvalue weighted by atomic mass is 10.0. The lowest BCUT2D eigenvalue weighted by Gasteiger charge is -2.21. The number of nitrogens with zero attached hydrogens (tertiary/aromatic N) is 3. The summed E-state index contributed by atoms with van der Waals surface area (Å²) < 4.78 is 0. The Morgan fingerprint density at radius 3 is 2.64 bits per heavy atom. The third-order valence-electron chi connectivity index (χ3n) is 4.73. The Morgan fingerprint density at radius 2 is 2.00 bits per heavy atom. The number of amides is 1. The highest BCUT2D eigenvalue weighted by Gasteiger charge is 2.41. The third-order valence-corrected chi connectivity index (χ3v) is 5.41. The number of thiophene rings is 1. The minimum atomic E-state index is 0.201. The van der Waals surface area contributed by atoms with Crippen LogP contribution < -0.4 is 0 Å². The summed E-state index contributed by atoms with van der Waals surface area (Å²) in [4.78, 5) is 21.3. The zero-order valence-electron chi connectivity index (χ0n) is 12.4. The van der Waals surface area contributed by atoms with Crippen molar-refractivity contribution in [2.24, 2.45) is 11.8 Å². The summed E-state index contributed by atoms with van der Waals surface area (Å²) in [5.74, 6) is 1.43. The van der Waals surface area contributed by atoms with Crippen LogP contribution in [0, 0.1) is 11.8 Å². The maximum atomic E-state index is 12.4. The molecule has 0 radical (unpaired) electrons. The molecule has 114 valence electrons. The Bertz CT molecular complexity index is 629. The average molecular weight is 313 g/mol. The fourth-order valence-electron chi connectivity index (χ4n) is 3.67. The van der Waals surface area contributed by atoms with Gasteiger partial charge in [0.2, 0.25) is 0 Å². The molecule has 0 bridgehead atoms. The zero-order valence-corrected chi connectivity index (χ0v) is 13.2. The molecule has 0 saturated carbocycles. The summed E-state index contributed by atoms with van der Waals surface area (Å²) >= 11 is 1.59. The van der Waals surface area contributed by atoms with Crippen molar-refractivity contribution in [1.29, 1.82) is 0 Å². The summed E-state index contributed by atoms with van der Waals surface area (Å²) in [7, 11) is 0. The first-order chi connectivity index (χ1) is 10.8. The maximum absolute atomic E-state index is 12.4. The summed E-state index contributed by atoms with van der Waals surface area (Å²) in [6.07, 6.45) is 1.85. The van der Waals surface area contributed by atoms with Crippen molar-refractivity contribution < 1.29 is 4.79 Å². The predicted molar refractivity (Wildman–Crippen MR) is 86.7 cm³/mol. The molecule has 0 N–H and O–H groups in total. The molecule has 0 aliphatic carbocycles. The van der Waals surface area contributed by atoms with Crippen molar-refractivity contribution in [3.63, 3.8) is 0 Å². The molecule has 0 unspecified atom stereocenters. The van der Waals surface area contributed by atoms with Crippen molar-refractivity contribution in [1.82, 2.24) is 14.8 Å². The number of aromatic nitrogens is 1. The topological polar surface area (TPSA) is 36.4 Å². The number of likely N-dealkylation sites (tertiary alicyclic amines) is 2. The zero-order chi connectivity index (χ0) is 14.9. The van der Waals surface area contributed by atoms with Crippen LogP contribution in [0.15, 0.2) is 41.2 Å². The summed E-state index contributed by atoms with van der Waals surface area (Å²) in [5, 5.41) is 3.92. The van der Waals surface area contributed by atoms with Crippen LogP contribution in [-0.2, 0) is 6.54 Å². The first-order valence-electron chi connectivity index (χ1n) is 7.73. The molecule has 4 heterocycles. The van der Waals surface area contributed by atoms with Gasteiger partial charge in [0, 0.05) is 44.3 Å². The fourth-order valence-corrected chi connectivity index (χ4v) is 4.30. The minimum Gasteiger partial charge on any atom is -0.338 e. The van der Waals surface area contributed by atoms with E-state index in [1.54, 1.807) is 11.3 Å². The average Bonchev–Trinajstić information content (AvgIpc) is 3.23. The highest BCUT2D eigenvalue weighted by atomic mass is 32.1. The van der Waals surface area contributed by atoms with E-state index in [1.165, 1.54) is 0 Å². The highest BCUT2D eigenvalue weighted by Crippen LogP contribution is 2.32. The van der Waals surface area contributed by atoms with E-state index in [0.717, 1.165) is 44.0 Å². The number of carbonyl (C=O) groups excluding carboxylic acids is 1. The second-order valence-corrected chi connectivity index (χ2v) is 7.04. The summed E-state index contributed by atoms with van der Waals surface area (Å²) in [6, 6.07) is 8.01. The van der Waals surface area contributed by atoms with Gasteiger partial charge in [0.25, 0.3) is 5.91 Å². The van der Waals surface area contributed by atoms with Crippen LogP contribution >= 0.6 is 11.3 Å². The van der Waals surface area contributed by atoms with Crippen LogP contribution in [0.5, 0.6) is 0 Å². The number of rotatable bonds is 3. The molecule has 2 aliphatic heterocycles. The molecule has 0 spiro atoms. The van der Waals surface area contributed by atoms with Gasteiger partial charge < -0.3 is 4.90 Å². The van der Waals surface area contributed by atoms with Gasteiger partial charge in [-0.15, -0.1) is 0 Å². The van der Waals surface area contributed by atoms with Gasteiger partial charge >= 0.3 is 0 Å². The van der Waals surface area contributed by atoms with Crippen molar-refractivity contribution in [3.8, 4) is 0 Å². The van der Waals surface area contributed by atoms with E-state index in [4.69, 9.17) is 0 Å². The second kappa shape index (κ2) is 5.82. The summed E-state index contributed by atoms with van der Waals surface area (Å²) in [6.45, 7) is 4.88. The van der Waals surface area contributed by atoms with Gasteiger partial charge in [-0.3, -0.25) is 14.7 Å². The monoisotopic (exact) mass is 313 g/mol. The van der Waals surface area contributed by atoms with E-state index in [1.807, 2.05) is 40.1 Å². The van der Waals surface area contributed by atoms with Gasteiger partial charge in [-0.25, -0.2) is 0 Å². The van der Waals surface area contributed by atoms with E-state index < -0.39 is 0 Å². The van der Waals surface area contributed by atoms with Crippen molar-refractivity contribution >= 4 is 17.2 Å². The first-order valence-corrected chi connectivity index (χ1v) is 8.67. The van der Waals surface area contributed by atoms with Crippen LogP contribution in [0.1, 0.15) is 16.1 Å². The van der Waals surface area contributed by atoms with Crippen LogP contribution in [0.25, 0.3) is 0 Å². The van der Waals surface area contributed by atoms with E-state index in [9.17, 15) is 4.79 Å². The molecule has 5 heteroatoms. The van der Waals surface area contributed by atoms with Gasteiger partial charge in [-0.2, -0.15) is 11.3 Å². The first kappa shape index (κ1) is 13.9. The number of fused-ring (bicyclic) bond motifs is 1. The van der Waals surface area contributed by atoms with Gasteiger partial charge in [0.05, 0.1) is 11.3 Å². The van der Waals surface area contributed by atoms with Gasteiger partial charge in [-0.05, 0) is 35.4 Å². The lowest BCUT2D eigenvalue weighted by molar-refractivity contribution is 0.0774. The maximum Gasteiger partial charge on any atom is 0.254 e. The van der Waals surface area contributed by atoms with Gasteiger partial charge in [0.1, 0.15) is 0 Å². The normalized spacial score (nSPS) is 24.6. The van der Waals surface area contributed by atoms with Crippen LogP contribution in [-0.4, -0.2) is 46.9 Å². The lowest BCUT2D eigenvalue weighted by Crippen LogP contribution is -2.33. The molecule has 4 nitrogen and oxygen atoms in total. The molecule has 0 aromatic carbocycles. The molecule has 4 rings (SSSR count). The number of carbonyl (C=O) groups is 1. The minimum absolute atomic E-state index is 0.201. The molecular weight excluding hydrogens is 294 g/mol. The van der Waals surface area contributed by atoms with E-state index in [-0.39, 0.29) is 5.91 Å². The molecule has 2 fully saturated rings. The molecule has 2 aromatic rings. The van der Waals surface area contributed by atoms with E-state index >= 15 is 0 Å².